The molecule has 184 valence electrons. The van der Waals surface area contributed by atoms with Crippen molar-refractivity contribution in [3.05, 3.63) is 79.1 Å². The second kappa shape index (κ2) is 11.4. The fraction of sp³-hybridized carbons (Fsp3) is 0.259. The van der Waals surface area contributed by atoms with E-state index in [1.807, 2.05) is 59.2 Å². The summed E-state index contributed by atoms with van der Waals surface area (Å²) in [6, 6.07) is 21.8. The van der Waals surface area contributed by atoms with Crippen LogP contribution in [0.1, 0.15) is 6.92 Å². The fourth-order valence-electron chi connectivity index (χ4n) is 4.26. The summed E-state index contributed by atoms with van der Waals surface area (Å²) < 4.78 is 1.96. The van der Waals surface area contributed by atoms with Gasteiger partial charge in [-0.25, -0.2) is 0 Å². The molecule has 1 aliphatic heterocycles. The van der Waals surface area contributed by atoms with Gasteiger partial charge in [-0.3, -0.25) is 14.3 Å². The number of carbonyl (C=O) groups is 1. The number of para-hydroxylation sites is 1. The first-order chi connectivity index (χ1) is 17.7. The summed E-state index contributed by atoms with van der Waals surface area (Å²) in [6.07, 6.45) is 3.49. The lowest BCUT2D eigenvalue weighted by Gasteiger charge is -2.35. The number of carbonyl (C=O) groups excluding carboxylic acids is 1. The van der Waals surface area contributed by atoms with Crippen molar-refractivity contribution in [3.63, 3.8) is 0 Å². The predicted molar refractivity (Wildman–Crippen MR) is 145 cm³/mol. The van der Waals surface area contributed by atoms with Gasteiger partial charge in [0.2, 0.25) is 5.91 Å². The van der Waals surface area contributed by atoms with Crippen LogP contribution in [0.5, 0.6) is 0 Å². The van der Waals surface area contributed by atoms with Crippen LogP contribution in [-0.4, -0.2) is 69.0 Å². The number of amides is 1. The van der Waals surface area contributed by atoms with Gasteiger partial charge in [0.25, 0.3) is 0 Å². The Morgan fingerprint density at radius 3 is 2.39 bits per heavy atom. The molecule has 2 aromatic carbocycles. The van der Waals surface area contributed by atoms with Gasteiger partial charge in [-0.1, -0.05) is 36.9 Å². The van der Waals surface area contributed by atoms with E-state index in [2.05, 4.69) is 49.4 Å². The number of rotatable bonds is 8. The lowest BCUT2D eigenvalue weighted by molar-refractivity contribution is -0.113. The van der Waals surface area contributed by atoms with Gasteiger partial charge in [-0.05, 0) is 55.1 Å². The number of piperazine rings is 1. The SMILES string of the molecule is CCN1CCN(c2ccc(NC(=O)CSc3nnc(-c4cccnc4)n3-c3ccccc3)cc2)CC1. The van der Waals surface area contributed by atoms with Crippen LogP contribution < -0.4 is 10.2 Å². The van der Waals surface area contributed by atoms with Crippen molar-refractivity contribution >= 4 is 29.0 Å². The Morgan fingerprint density at radius 2 is 1.69 bits per heavy atom. The first-order valence-corrected chi connectivity index (χ1v) is 13.1. The summed E-state index contributed by atoms with van der Waals surface area (Å²) in [5.74, 6) is 0.820. The maximum absolute atomic E-state index is 12.8. The third-order valence-electron chi connectivity index (χ3n) is 6.24. The number of thioether (sulfide) groups is 1. The maximum atomic E-state index is 12.8. The molecule has 1 aliphatic rings. The molecule has 0 atom stereocenters. The number of aromatic nitrogens is 4. The summed E-state index contributed by atoms with van der Waals surface area (Å²) in [5.41, 5.74) is 3.77. The highest BCUT2D eigenvalue weighted by Crippen LogP contribution is 2.28. The van der Waals surface area contributed by atoms with E-state index in [0.717, 1.165) is 49.7 Å². The summed E-state index contributed by atoms with van der Waals surface area (Å²) in [5, 5.41) is 12.4. The molecule has 5 rings (SSSR count). The Morgan fingerprint density at radius 1 is 0.917 bits per heavy atom. The Balaban J connectivity index is 1.24. The van der Waals surface area contributed by atoms with E-state index in [9.17, 15) is 4.79 Å². The van der Waals surface area contributed by atoms with Crippen LogP contribution in [0.25, 0.3) is 17.1 Å². The number of nitrogens with zero attached hydrogens (tertiary/aromatic N) is 6. The average molecular weight is 500 g/mol. The lowest BCUT2D eigenvalue weighted by Crippen LogP contribution is -2.46. The summed E-state index contributed by atoms with van der Waals surface area (Å²) in [6.45, 7) is 7.53. The van der Waals surface area contributed by atoms with E-state index in [1.165, 1.54) is 17.4 Å². The number of hydrogen-bond acceptors (Lipinski definition) is 7. The van der Waals surface area contributed by atoms with Gasteiger partial charge in [0, 0.05) is 61.2 Å². The highest BCUT2D eigenvalue weighted by molar-refractivity contribution is 7.99. The molecule has 1 saturated heterocycles. The highest BCUT2D eigenvalue weighted by Gasteiger charge is 2.18. The maximum Gasteiger partial charge on any atom is 0.234 e. The zero-order chi connectivity index (χ0) is 24.7. The van der Waals surface area contributed by atoms with Crippen LogP contribution in [-0.2, 0) is 4.79 Å². The molecule has 0 bridgehead atoms. The highest BCUT2D eigenvalue weighted by atomic mass is 32.2. The number of pyridine rings is 1. The van der Waals surface area contributed by atoms with Gasteiger partial charge in [0.05, 0.1) is 5.75 Å². The van der Waals surface area contributed by atoms with Crippen LogP contribution in [0.2, 0.25) is 0 Å². The molecule has 8 nitrogen and oxygen atoms in total. The van der Waals surface area contributed by atoms with E-state index in [4.69, 9.17) is 0 Å². The predicted octanol–water partition coefficient (Wildman–Crippen LogP) is 4.20. The smallest absolute Gasteiger partial charge is 0.234 e. The number of likely N-dealkylation sites (N-methyl/N-ethyl adjacent to an activating group) is 1. The molecule has 0 spiro atoms. The minimum Gasteiger partial charge on any atom is -0.369 e. The number of benzene rings is 2. The second-order valence-electron chi connectivity index (χ2n) is 8.52. The largest absolute Gasteiger partial charge is 0.369 e. The molecule has 36 heavy (non-hydrogen) atoms. The molecular formula is C27H29N7OS. The number of anilines is 2. The van der Waals surface area contributed by atoms with E-state index >= 15 is 0 Å². The Bertz CT molecular complexity index is 1270. The normalized spacial score (nSPS) is 14.1. The van der Waals surface area contributed by atoms with Crippen LogP contribution in [0.4, 0.5) is 11.4 Å². The van der Waals surface area contributed by atoms with Gasteiger partial charge in [-0.2, -0.15) is 0 Å². The quantitative estimate of drug-likeness (QED) is 0.364. The Labute approximate surface area is 215 Å². The lowest BCUT2D eigenvalue weighted by atomic mass is 10.2. The average Bonchev–Trinajstić information content (AvgIpc) is 3.37. The zero-order valence-corrected chi connectivity index (χ0v) is 21.1. The molecule has 0 aliphatic carbocycles. The van der Waals surface area contributed by atoms with Crippen molar-refractivity contribution in [2.75, 3.05) is 48.7 Å². The number of hydrogen-bond donors (Lipinski definition) is 1. The first-order valence-electron chi connectivity index (χ1n) is 12.1. The monoisotopic (exact) mass is 499 g/mol. The van der Waals surface area contributed by atoms with Crippen LogP contribution >= 0.6 is 11.8 Å². The van der Waals surface area contributed by atoms with Crippen molar-refractivity contribution in [2.45, 2.75) is 12.1 Å². The molecule has 0 radical (unpaired) electrons. The van der Waals surface area contributed by atoms with Gasteiger partial charge in [0.1, 0.15) is 0 Å². The molecule has 1 fully saturated rings. The number of nitrogens with one attached hydrogen (secondary N) is 1. The van der Waals surface area contributed by atoms with Crippen LogP contribution in [0.15, 0.2) is 84.3 Å². The van der Waals surface area contributed by atoms with Crippen LogP contribution in [0, 0.1) is 0 Å². The van der Waals surface area contributed by atoms with E-state index in [-0.39, 0.29) is 11.7 Å². The Kier molecular flexibility index (Phi) is 7.58. The van der Waals surface area contributed by atoms with Gasteiger partial charge in [-0.15, -0.1) is 10.2 Å². The molecule has 1 amide bonds. The van der Waals surface area contributed by atoms with Crippen molar-refractivity contribution < 1.29 is 4.79 Å². The van der Waals surface area contributed by atoms with Gasteiger partial charge < -0.3 is 15.1 Å². The zero-order valence-electron chi connectivity index (χ0n) is 20.2. The van der Waals surface area contributed by atoms with Gasteiger partial charge >= 0.3 is 0 Å². The molecule has 4 aromatic rings. The van der Waals surface area contributed by atoms with Crippen molar-refractivity contribution in [1.29, 1.82) is 0 Å². The van der Waals surface area contributed by atoms with Crippen molar-refractivity contribution in [2.24, 2.45) is 0 Å². The van der Waals surface area contributed by atoms with E-state index < -0.39 is 0 Å². The third-order valence-corrected chi connectivity index (χ3v) is 7.16. The standard InChI is InChI=1S/C27H29N7OS/c1-2-32-15-17-33(18-16-32)23-12-10-22(11-13-23)29-25(35)20-36-27-31-30-26(21-7-6-14-28-19-21)34(27)24-8-4-3-5-9-24/h3-14,19H,2,15-18,20H2,1H3,(H,29,35). The van der Waals surface area contributed by atoms with Crippen molar-refractivity contribution in [1.82, 2.24) is 24.6 Å². The molecular weight excluding hydrogens is 470 g/mol. The first kappa shape index (κ1) is 24.0. The summed E-state index contributed by atoms with van der Waals surface area (Å²) in [4.78, 5) is 21.8. The van der Waals surface area contributed by atoms with Crippen molar-refractivity contribution in [3.8, 4) is 17.1 Å². The molecule has 0 saturated carbocycles. The molecule has 3 heterocycles. The van der Waals surface area contributed by atoms with Gasteiger partial charge in [0.15, 0.2) is 11.0 Å². The molecule has 0 unspecified atom stereocenters. The fourth-order valence-corrected chi connectivity index (χ4v) is 5.01. The summed E-state index contributed by atoms with van der Waals surface area (Å²) >= 11 is 1.36. The minimum atomic E-state index is -0.0881. The minimum absolute atomic E-state index is 0.0881. The summed E-state index contributed by atoms with van der Waals surface area (Å²) in [7, 11) is 0. The van der Waals surface area contributed by atoms with E-state index in [1.54, 1.807) is 12.4 Å². The molecule has 2 aromatic heterocycles. The molecule has 9 heteroatoms. The van der Waals surface area contributed by atoms with Crippen LogP contribution in [0.3, 0.4) is 0 Å². The molecule has 1 N–H and O–H groups in total. The topological polar surface area (TPSA) is 79.2 Å². The Hall–Kier alpha value is -3.69. The van der Waals surface area contributed by atoms with E-state index in [0.29, 0.717) is 11.0 Å². The second-order valence-corrected chi connectivity index (χ2v) is 9.47. The third kappa shape index (κ3) is 5.58.